The average molecular weight is 268 g/mol. The van der Waals surface area contributed by atoms with Gasteiger partial charge in [-0.2, -0.15) is 0 Å². The van der Waals surface area contributed by atoms with Crippen molar-refractivity contribution in [3.8, 4) is 0 Å². The van der Waals surface area contributed by atoms with Crippen LogP contribution in [0.5, 0.6) is 0 Å². The number of nitrogens with zero attached hydrogens (tertiary/aromatic N) is 3. The van der Waals surface area contributed by atoms with E-state index < -0.39 is 18.1 Å². The van der Waals surface area contributed by atoms with Crippen molar-refractivity contribution in [1.29, 1.82) is 0 Å². The maximum Gasteiger partial charge on any atom is 0.408 e. The van der Waals surface area contributed by atoms with Crippen LogP contribution in [-0.4, -0.2) is 44.6 Å². The molecule has 19 heavy (non-hydrogen) atoms. The minimum absolute atomic E-state index is 0.0151. The van der Waals surface area contributed by atoms with Gasteiger partial charge in [0.15, 0.2) is 0 Å². The second kappa shape index (κ2) is 6.53. The third kappa shape index (κ3) is 4.09. The van der Waals surface area contributed by atoms with Crippen molar-refractivity contribution in [3.05, 3.63) is 24.3 Å². The summed E-state index contributed by atoms with van der Waals surface area (Å²) < 4.78 is 6.33. The lowest BCUT2D eigenvalue weighted by atomic mass is 10.2. The fourth-order valence-electron chi connectivity index (χ4n) is 1.33. The standard InChI is InChI=1S/C11H16N4O4/c1-4-5-19-11(18)12-8(10(16)17)6-9-14-13-7(2)15(9)3/h4,8H,1,5-6H2,2-3H3,(H,12,18)(H,16,17). The Labute approximate surface area is 110 Å². The average Bonchev–Trinajstić information content (AvgIpc) is 2.67. The Hall–Kier alpha value is -2.38. The van der Waals surface area contributed by atoms with Crippen molar-refractivity contribution in [1.82, 2.24) is 20.1 Å². The maximum absolute atomic E-state index is 11.3. The van der Waals surface area contributed by atoms with Crippen molar-refractivity contribution in [2.24, 2.45) is 7.05 Å². The number of rotatable bonds is 6. The highest BCUT2D eigenvalue weighted by molar-refractivity contribution is 5.80. The van der Waals surface area contributed by atoms with E-state index in [2.05, 4.69) is 26.8 Å². The largest absolute Gasteiger partial charge is 0.480 e. The summed E-state index contributed by atoms with van der Waals surface area (Å²) in [5.74, 6) is -0.0431. The Morgan fingerprint density at radius 2 is 2.26 bits per heavy atom. The van der Waals surface area contributed by atoms with Crippen molar-refractivity contribution >= 4 is 12.1 Å². The van der Waals surface area contributed by atoms with Crippen LogP contribution >= 0.6 is 0 Å². The Kier molecular flexibility index (Phi) is 5.04. The molecule has 1 aromatic rings. The summed E-state index contributed by atoms with van der Waals surface area (Å²) in [4.78, 5) is 22.4. The maximum atomic E-state index is 11.3. The van der Waals surface area contributed by atoms with E-state index in [-0.39, 0.29) is 13.0 Å². The summed E-state index contributed by atoms with van der Waals surface area (Å²) >= 11 is 0. The Morgan fingerprint density at radius 3 is 2.74 bits per heavy atom. The molecule has 1 heterocycles. The van der Waals surface area contributed by atoms with Crippen LogP contribution in [0.25, 0.3) is 0 Å². The first-order chi connectivity index (χ1) is 8.95. The quantitative estimate of drug-likeness (QED) is 0.705. The van der Waals surface area contributed by atoms with Gasteiger partial charge in [0.2, 0.25) is 0 Å². The normalized spacial score (nSPS) is 11.7. The lowest BCUT2D eigenvalue weighted by molar-refractivity contribution is -0.139. The highest BCUT2D eigenvalue weighted by Gasteiger charge is 2.23. The highest BCUT2D eigenvalue weighted by atomic mass is 16.5. The lowest BCUT2D eigenvalue weighted by Crippen LogP contribution is -2.43. The molecule has 1 amide bonds. The number of alkyl carbamates (subject to hydrolysis) is 1. The molecule has 0 saturated carbocycles. The van der Waals surface area contributed by atoms with E-state index in [0.717, 1.165) is 0 Å². The summed E-state index contributed by atoms with van der Waals surface area (Å²) in [5, 5.41) is 19.0. The van der Waals surface area contributed by atoms with Crippen LogP contribution in [0.3, 0.4) is 0 Å². The SMILES string of the molecule is C=CCOC(=O)NC(Cc1nnc(C)n1C)C(=O)O. The number of aliphatic carboxylic acids is 1. The van der Waals surface area contributed by atoms with Crippen LogP contribution in [-0.2, 0) is 23.0 Å². The van der Waals surface area contributed by atoms with Gasteiger partial charge in [0.05, 0.1) is 0 Å². The number of aryl methyl sites for hydroxylation is 1. The number of aromatic nitrogens is 3. The molecular formula is C11H16N4O4. The van der Waals surface area contributed by atoms with Crippen LogP contribution in [0.15, 0.2) is 12.7 Å². The molecule has 0 bridgehead atoms. The topological polar surface area (TPSA) is 106 Å². The van der Waals surface area contributed by atoms with Gasteiger partial charge in [-0.3, -0.25) is 0 Å². The van der Waals surface area contributed by atoms with Crippen molar-refractivity contribution < 1.29 is 19.4 Å². The smallest absolute Gasteiger partial charge is 0.408 e. The number of carboxylic acid groups (broad SMARTS) is 1. The molecule has 1 atom stereocenters. The minimum atomic E-state index is -1.17. The molecular weight excluding hydrogens is 252 g/mol. The van der Waals surface area contributed by atoms with Crippen LogP contribution in [0.2, 0.25) is 0 Å². The molecule has 0 aliphatic rings. The van der Waals surface area contributed by atoms with E-state index >= 15 is 0 Å². The van der Waals surface area contributed by atoms with Crippen molar-refractivity contribution in [2.75, 3.05) is 6.61 Å². The molecule has 0 saturated heterocycles. The van der Waals surface area contributed by atoms with Gasteiger partial charge < -0.3 is 19.7 Å². The van der Waals surface area contributed by atoms with Gasteiger partial charge in [-0.1, -0.05) is 12.7 Å². The first-order valence-corrected chi connectivity index (χ1v) is 5.57. The van der Waals surface area contributed by atoms with Gasteiger partial charge >= 0.3 is 12.1 Å². The number of carbonyl (C=O) groups excluding carboxylic acids is 1. The summed E-state index contributed by atoms with van der Waals surface area (Å²) in [6, 6.07) is -1.13. The van der Waals surface area contributed by atoms with E-state index in [1.165, 1.54) is 6.08 Å². The summed E-state index contributed by atoms with van der Waals surface area (Å²) in [6.07, 6.45) is 0.600. The molecule has 2 N–H and O–H groups in total. The number of carbonyl (C=O) groups is 2. The lowest BCUT2D eigenvalue weighted by Gasteiger charge is -2.13. The van der Waals surface area contributed by atoms with Gasteiger partial charge in [-0.15, -0.1) is 10.2 Å². The molecule has 104 valence electrons. The number of hydrogen-bond acceptors (Lipinski definition) is 5. The third-order valence-corrected chi connectivity index (χ3v) is 2.49. The molecule has 0 aliphatic heterocycles. The second-order valence-corrected chi connectivity index (χ2v) is 3.85. The Morgan fingerprint density at radius 1 is 1.58 bits per heavy atom. The number of hydrogen-bond donors (Lipinski definition) is 2. The van der Waals surface area contributed by atoms with Crippen molar-refractivity contribution in [3.63, 3.8) is 0 Å². The van der Waals surface area contributed by atoms with Gasteiger partial charge in [-0.25, -0.2) is 9.59 Å². The fraction of sp³-hybridized carbons (Fsp3) is 0.455. The third-order valence-electron chi connectivity index (χ3n) is 2.49. The van der Waals surface area contributed by atoms with E-state index in [0.29, 0.717) is 11.6 Å². The summed E-state index contributed by atoms with van der Waals surface area (Å²) in [7, 11) is 1.72. The monoisotopic (exact) mass is 268 g/mol. The summed E-state index contributed by atoms with van der Waals surface area (Å²) in [6.45, 7) is 5.15. The van der Waals surface area contributed by atoms with E-state index in [9.17, 15) is 9.59 Å². The van der Waals surface area contributed by atoms with E-state index in [1.807, 2.05) is 0 Å². The first-order valence-electron chi connectivity index (χ1n) is 5.57. The molecule has 8 heteroatoms. The highest BCUT2D eigenvalue weighted by Crippen LogP contribution is 2.02. The predicted molar refractivity (Wildman–Crippen MR) is 65.5 cm³/mol. The van der Waals surface area contributed by atoms with Crippen LogP contribution in [0.1, 0.15) is 11.6 Å². The van der Waals surface area contributed by atoms with Crippen molar-refractivity contribution in [2.45, 2.75) is 19.4 Å². The van der Waals surface area contributed by atoms with Gasteiger partial charge in [0.25, 0.3) is 0 Å². The summed E-state index contributed by atoms with van der Waals surface area (Å²) in [5.41, 5.74) is 0. The molecule has 0 fully saturated rings. The van der Waals surface area contributed by atoms with Gasteiger partial charge in [-0.05, 0) is 6.92 Å². The molecule has 1 aromatic heterocycles. The number of amides is 1. The van der Waals surface area contributed by atoms with Crippen LogP contribution in [0.4, 0.5) is 4.79 Å². The van der Waals surface area contributed by atoms with Crippen LogP contribution in [0, 0.1) is 6.92 Å². The van der Waals surface area contributed by atoms with Gasteiger partial charge in [0.1, 0.15) is 24.3 Å². The molecule has 1 unspecified atom stereocenters. The van der Waals surface area contributed by atoms with E-state index in [1.54, 1.807) is 18.5 Å². The molecule has 0 spiro atoms. The molecule has 0 aliphatic carbocycles. The molecule has 0 aromatic carbocycles. The first kappa shape index (κ1) is 14.7. The Balaban J connectivity index is 2.68. The number of ether oxygens (including phenoxy) is 1. The zero-order valence-electron chi connectivity index (χ0n) is 10.8. The number of carboxylic acids is 1. The molecule has 8 nitrogen and oxygen atoms in total. The number of nitrogens with one attached hydrogen (secondary N) is 1. The fourth-order valence-corrected chi connectivity index (χ4v) is 1.33. The minimum Gasteiger partial charge on any atom is -0.480 e. The second-order valence-electron chi connectivity index (χ2n) is 3.85. The molecule has 1 rings (SSSR count). The zero-order chi connectivity index (χ0) is 14.4. The van der Waals surface area contributed by atoms with E-state index in [4.69, 9.17) is 5.11 Å². The zero-order valence-corrected chi connectivity index (χ0v) is 10.8. The van der Waals surface area contributed by atoms with Gasteiger partial charge in [0, 0.05) is 13.5 Å². The Bertz CT molecular complexity index is 483. The molecule has 0 radical (unpaired) electrons. The van der Waals surface area contributed by atoms with Crippen LogP contribution < -0.4 is 5.32 Å². The predicted octanol–water partition coefficient (Wildman–Crippen LogP) is 0.0314.